The molecule has 1 aliphatic heterocycles. The maximum absolute atomic E-state index is 15.0. The number of aliphatic imine (C=N–C) groups is 1. The van der Waals surface area contributed by atoms with E-state index in [-0.39, 0.29) is 33.7 Å². The van der Waals surface area contributed by atoms with E-state index in [0.29, 0.717) is 5.56 Å². The Morgan fingerprint density at radius 2 is 1.70 bits per heavy atom. The van der Waals surface area contributed by atoms with E-state index in [1.54, 1.807) is 19.1 Å². The minimum atomic E-state index is -3.20. The standard InChI is InChI=1S/C19H14F4N4/c1-9-5-4-6-10-13(9)19(22,23)18(2,3)25-15(10)17-24-12-8-7-11(20)14(21)16(12)26-27-17/h4-8H,1-3H3. The van der Waals surface area contributed by atoms with Gasteiger partial charge in [-0.2, -0.15) is 8.78 Å². The first-order valence-electron chi connectivity index (χ1n) is 8.20. The fourth-order valence-corrected chi connectivity index (χ4v) is 3.22. The van der Waals surface area contributed by atoms with Crippen molar-refractivity contribution in [3.63, 3.8) is 0 Å². The summed E-state index contributed by atoms with van der Waals surface area (Å²) in [6.45, 7) is 4.25. The monoisotopic (exact) mass is 374 g/mol. The number of alkyl halides is 2. The molecule has 2 aromatic carbocycles. The Labute approximate surface area is 152 Å². The normalized spacial score (nSPS) is 17.5. The van der Waals surface area contributed by atoms with E-state index in [4.69, 9.17) is 0 Å². The third-order valence-electron chi connectivity index (χ3n) is 4.73. The van der Waals surface area contributed by atoms with Gasteiger partial charge in [0.2, 0.25) is 5.82 Å². The third kappa shape index (κ3) is 2.43. The smallest absolute Gasteiger partial charge is 0.268 e. The van der Waals surface area contributed by atoms with Gasteiger partial charge in [0.05, 0.1) is 5.52 Å². The summed E-state index contributed by atoms with van der Waals surface area (Å²) < 4.78 is 57.2. The molecule has 138 valence electrons. The molecule has 0 bridgehead atoms. The first-order chi connectivity index (χ1) is 12.6. The first kappa shape index (κ1) is 17.5. The molecule has 0 fully saturated rings. The van der Waals surface area contributed by atoms with E-state index in [1.807, 2.05) is 0 Å². The lowest BCUT2D eigenvalue weighted by Crippen LogP contribution is -2.45. The first-order valence-corrected chi connectivity index (χ1v) is 8.20. The summed E-state index contributed by atoms with van der Waals surface area (Å²) in [6, 6.07) is 6.94. The van der Waals surface area contributed by atoms with Crippen molar-refractivity contribution < 1.29 is 17.6 Å². The number of hydrogen-bond donors (Lipinski definition) is 0. The van der Waals surface area contributed by atoms with Crippen molar-refractivity contribution in [1.82, 2.24) is 15.2 Å². The van der Waals surface area contributed by atoms with Crippen LogP contribution in [0.15, 0.2) is 35.3 Å². The van der Waals surface area contributed by atoms with Crippen LogP contribution < -0.4 is 0 Å². The molecule has 0 saturated carbocycles. The zero-order chi connectivity index (χ0) is 19.6. The highest BCUT2D eigenvalue weighted by atomic mass is 19.3. The predicted molar refractivity (Wildman–Crippen MR) is 92.0 cm³/mol. The highest BCUT2D eigenvalue weighted by molar-refractivity contribution is 6.13. The average Bonchev–Trinajstić information content (AvgIpc) is 2.61. The van der Waals surface area contributed by atoms with Gasteiger partial charge in [-0.25, -0.2) is 13.8 Å². The molecular weight excluding hydrogens is 360 g/mol. The van der Waals surface area contributed by atoms with Crippen LogP contribution in [-0.4, -0.2) is 26.4 Å². The van der Waals surface area contributed by atoms with Gasteiger partial charge in [0.25, 0.3) is 5.92 Å². The fourth-order valence-electron chi connectivity index (χ4n) is 3.22. The Hall–Kier alpha value is -2.90. The zero-order valence-electron chi connectivity index (χ0n) is 14.7. The number of fused-ring (bicyclic) bond motifs is 2. The van der Waals surface area contributed by atoms with Crippen molar-refractivity contribution in [1.29, 1.82) is 0 Å². The Bertz CT molecular complexity index is 1120. The Morgan fingerprint density at radius 1 is 0.963 bits per heavy atom. The van der Waals surface area contributed by atoms with Crippen LogP contribution in [0.3, 0.4) is 0 Å². The van der Waals surface area contributed by atoms with Crippen LogP contribution in [0.5, 0.6) is 0 Å². The molecule has 0 N–H and O–H groups in total. The van der Waals surface area contributed by atoms with Crippen molar-refractivity contribution in [3.05, 3.63) is 64.5 Å². The predicted octanol–water partition coefficient (Wildman–Crippen LogP) is 4.33. The fraction of sp³-hybridized carbons (Fsp3) is 0.263. The summed E-state index contributed by atoms with van der Waals surface area (Å²) in [6.07, 6.45) is 0. The van der Waals surface area contributed by atoms with Crippen LogP contribution >= 0.6 is 0 Å². The lowest BCUT2D eigenvalue weighted by atomic mass is 9.80. The second kappa shape index (κ2) is 5.55. The van der Waals surface area contributed by atoms with E-state index < -0.39 is 23.1 Å². The van der Waals surface area contributed by atoms with E-state index in [1.165, 1.54) is 26.0 Å². The van der Waals surface area contributed by atoms with Gasteiger partial charge in [-0.05, 0) is 38.5 Å². The molecule has 0 atom stereocenters. The molecule has 1 aromatic heterocycles. The number of benzene rings is 2. The Morgan fingerprint density at radius 3 is 2.44 bits per heavy atom. The molecule has 4 rings (SSSR count). The van der Waals surface area contributed by atoms with Crippen molar-refractivity contribution in [3.8, 4) is 0 Å². The average molecular weight is 374 g/mol. The van der Waals surface area contributed by atoms with Crippen LogP contribution in [0.2, 0.25) is 0 Å². The second-order valence-electron chi connectivity index (χ2n) is 6.96. The SMILES string of the molecule is Cc1cccc2c1C(F)(F)C(C)(C)N=C2c1nnc2c(F)c(F)ccc2n1. The Kier molecular flexibility index (Phi) is 3.60. The third-order valence-corrected chi connectivity index (χ3v) is 4.73. The van der Waals surface area contributed by atoms with Crippen LogP contribution in [0.25, 0.3) is 11.0 Å². The zero-order valence-corrected chi connectivity index (χ0v) is 14.7. The van der Waals surface area contributed by atoms with Crippen LogP contribution in [0.1, 0.15) is 36.4 Å². The second-order valence-corrected chi connectivity index (χ2v) is 6.96. The van der Waals surface area contributed by atoms with Gasteiger partial charge in [0.1, 0.15) is 11.3 Å². The lowest BCUT2D eigenvalue weighted by molar-refractivity contribution is -0.0687. The number of aryl methyl sites for hydroxylation is 1. The highest BCUT2D eigenvalue weighted by Gasteiger charge is 2.53. The number of halogens is 4. The van der Waals surface area contributed by atoms with Crippen LogP contribution in [-0.2, 0) is 5.92 Å². The van der Waals surface area contributed by atoms with Gasteiger partial charge in [-0.15, -0.1) is 10.2 Å². The highest BCUT2D eigenvalue weighted by Crippen LogP contribution is 2.47. The molecule has 0 radical (unpaired) electrons. The van der Waals surface area contributed by atoms with Gasteiger partial charge < -0.3 is 0 Å². The summed E-state index contributed by atoms with van der Waals surface area (Å²) in [4.78, 5) is 8.39. The van der Waals surface area contributed by atoms with Gasteiger partial charge in [0.15, 0.2) is 17.2 Å². The summed E-state index contributed by atoms with van der Waals surface area (Å²) >= 11 is 0. The van der Waals surface area contributed by atoms with Crippen molar-refractivity contribution >= 4 is 16.7 Å². The number of aromatic nitrogens is 3. The Balaban J connectivity index is 1.99. The van der Waals surface area contributed by atoms with Gasteiger partial charge in [-0.1, -0.05) is 18.2 Å². The van der Waals surface area contributed by atoms with Crippen LogP contribution in [0.4, 0.5) is 17.6 Å². The van der Waals surface area contributed by atoms with Gasteiger partial charge in [-0.3, -0.25) is 4.99 Å². The van der Waals surface area contributed by atoms with E-state index in [9.17, 15) is 8.78 Å². The minimum absolute atomic E-state index is 0.0241. The molecule has 0 spiro atoms. The number of rotatable bonds is 1. The molecule has 0 unspecified atom stereocenters. The topological polar surface area (TPSA) is 51.0 Å². The molecule has 0 saturated heterocycles. The summed E-state index contributed by atoms with van der Waals surface area (Å²) in [5.41, 5.74) is -1.40. The molecule has 8 heteroatoms. The van der Waals surface area contributed by atoms with E-state index in [0.717, 1.165) is 6.07 Å². The molecule has 0 amide bonds. The number of nitrogens with zero attached hydrogens (tertiary/aromatic N) is 4. The van der Waals surface area contributed by atoms with Gasteiger partial charge in [0, 0.05) is 11.1 Å². The molecule has 2 heterocycles. The van der Waals surface area contributed by atoms with Crippen molar-refractivity contribution in [2.45, 2.75) is 32.2 Å². The molecule has 0 aliphatic carbocycles. The molecule has 3 aromatic rings. The summed E-state index contributed by atoms with van der Waals surface area (Å²) in [5.74, 6) is -5.45. The van der Waals surface area contributed by atoms with Crippen molar-refractivity contribution in [2.24, 2.45) is 4.99 Å². The molecule has 1 aliphatic rings. The molecule has 27 heavy (non-hydrogen) atoms. The maximum Gasteiger partial charge on any atom is 0.298 e. The largest absolute Gasteiger partial charge is 0.298 e. The summed E-state index contributed by atoms with van der Waals surface area (Å²) in [7, 11) is 0. The van der Waals surface area contributed by atoms with E-state index >= 15 is 8.78 Å². The maximum atomic E-state index is 15.0. The van der Waals surface area contributed by atoms with Crippen molar-refractivity contribution in [2.75, 3.05) is 0 Å². The van der Waals surface area contributed by atoms with Gasteiger partial charge >= 0.3 is 0 Å². The summed E-state index contributed by atoms with van der Waals surface area (Å²) in [5, 5.41) is 7.53. The number of hydrogen-bond acceptors (Lipinski definition) is 4. The molecule has 4 nitrogen and oxygen atoms in total. The van der Waals surface area contributed by atoms with Crippen LogP contribution in [0, 0.1) is 18.6 Å². The minimum Gasteiger partial charge on any atom is -0.268 e. The van der Waals surface area contributed by atoms with E-state index in [2.05, 4.69) is 20.2 Å². The molecular formula is C19H14F4N4. The quantitative estimate of drug-likeness (QED) is 0.596. The lowest BCUT2D eigenvalue weighted by Gasteiger charge is -2.37.